The summed E-state index contributed by atoms with van der Waals surface area (Å²) in [6.45, 7) is 7.61. The molecule has 0 aromatic rings. The summed E-state index contributed by atoms with van der Waals surface area (Å²) in [6.07, 6.45) is 2.12. The molecule has 110 valence electrons. The molecule has 5 heteroatoms. The molecule has 19 heavy (non-hydrogen) atoms. The Kier molecular flexibility index (Phi) is 6.45. The third-order valence-corrected chi connectivity index (χ3v) is 3.45. The Hall–Kier alpha value is -0.940. The number of carbonyl (C=O) groups is 2. The lowest BCUT2D eigenvalue weighted by Gasteiger charge is -2.38. The number of amides is 1. The minimum Gasteiger partial charge on any atom is -0.355 e. The Morgan fingerprint density at radius 3 is 2.53 bits per heavy atom. The summed E-state index contributed by atoms with van der Waals surface area (Å²) >= 11 is 0. The average Bonchev–Trinajstić information content (AvgIpc) is 2.37. The number of ether oxygens (including phenoxy) is 2. The molecular weight excluding hydrogens is 246 g/mol. The van der Waals surface area contributed by atoms with Crippen LogP contribution in [0.25, 0.3) is 0 Å². The molecular formula is C14H25NO4. The lowest BCUT2D eigenvalue weighted by Crippen LogP contribution is -2.47. The van der Waals surface area contributed by atoms with Crippen molar-refractivity contribution in [1.82, 2.24) is 5.32 Å². The second-order valence-electron chi connectivity index (χ2n) is 5.24. The number of Topliss-reactive ketones (excluding diaryl/α,β-unsaturated/α-hetero) is 1. The lowest BCUT2D eigenvalue weighted by atomic mass is 10.0. The van der Waals surface area contributed by atoms with Crippen molar-refractivity contribution >= 4 is 11.7 Å². The first-order chi connectivity index (χ1) is 8.98. The van der Waals surface area contributed by atoms with Crippen molar-refractivity contribution in [3.05, 3.63) is 0 Å². The zero-order valence-electron chi connectivity index (χ0n) is 12.2. The van der Waals surface area contributed by atoms with Gasteiger partial charge in [0.1, 0.15) is 5.78 Å². The second kappa shape index (κ2) is 7.60. The van der Waals surface area contributed by atoms with Crippen LogP contribution in [0, 0.1) is 5.92 Å². The Labute approximate surface area is 115 Å². The number of hydrogen-bond acceptors (Lipinski definition) is 4. The SMILES string of the molecule is CCCC(=O)CC(=O)NCC(C)C1(C)OCCCO1. The van der Waals surface area contributed by atoms with Gasteiger partial charge >= 0.3 is 0 Å². The van der Waals surface area contributed by atoms with E-state index in [-0.39, 0.29) is 24.0 Å². The summed E-state index contributed by atoms with van der Waals surface area (Å²) in [6, 6.07) is 0. The molecule has 0 aliphatic carbocycles. The van der Waals surface area contributed by atoms with Crippen LogP contribution < -0.4 is 5.32 Å². The first-order valence-electron chi connectivity index (χ1n) is 7.04. The van der Waals surface area contributed by atoms with Gasteiger partial charge in [-0.25, -0.2) is 0 Å². The molecule has 0 bridgehead atoms. The van der Waals surface area contributed by atoms with Crippen molar-refractivity contribution in [1.29, 1.82) is 0 Å². The molecule has 0 spiro atoms. The fourth-order valence-corrected chi connectivity index (χ4v) is 2.00. The Morgan fingerprint density at radius 1 is 1.32 bits per heavy atom. The van der Waals surface area contributed by atoms with Crippen molar-refractivity contribution in [2.75, 3.05) is 19.8 Å². The smallest absolute Gasteiger partial charge is 0.227 e. The Morgan fingerprint density at radius 2 is 1.95 bits per heavy atom. The molecule has 0 aromatic carbocycles. The Bertz CT molecular complexity index is 311. The molecule has 1 rings (SSSR count). The highest BCUT2D eigenvalue weighted by atomic mass is 16.7. The standard InChI is InChI=1S/C14H25NO4/c1-4-6-12(16)9-13(17)15-10-11(2)14(3)18-7-5-8-19-14/h11H,4-10H2,1-3H3,(H,15,17). The van der Waals surface area contributed by atoms with Gasteiger partial charge in [-0.05, 0) is 19.8 Å². The number of rotatable bonds is 7. The molecule has 5 nitrogen and oxygen atoms in total. The maximum absolute atomic E-state index is 11.6. The number of carbonyl (C=O) groups excluding carboxylic acids is 2. The third-order valence-electron chi connectivity index (χ3n) is 3.45. The van der Waals surface area contributed by atoms with Gasteiger partial charge in [0, 0.05) is 18.9 Å². The van der Waals surface area contributed by atoms with Crippen molar-refractivity contribution in [2.45, 2.75) is 52.2 Å². The maximum atomic E-state index is 11.6. The molecule has 0 radical (unpaired) electrons. The van der Waals surface area contributed by atoms with Crippen LogP contribution in [-0.4, -0.2) is 37.2 Å². The maximum Gasteiger partial charge on any atom is 0.227 e. The van der Waals surface area contributed by atoms with Gasteiger partial charge in [-0.15, -0.1) is 0 Å². The van der Waals surface area contributed by atoms with E-state index >= 15 is 0 Å². The fraction of sp³-hybridized carbons (Fsp3) is 0.857. The van der Waals surface area contributed by atoms with Crippen molar-refractivity contribution in [3.8, 4) is 0 Å². The van der Waals surface area contributed by atoms with Gasteiger partial charge in [0.2, 0.25) is 5.91 Å². The van der Waals surface area contributed by atoms with Gasteiger partial charge in [0.25, 0.3) is 0 Å². The largest absolute Gasteiger partial charge is 0.355 e. The quantitative estimate of drug-likeness (QED) is 0.715. The summed E-state index contributed by atoms with van der Waals surface area (Å²) in [5.41, 5.74) is 0. The third kappa shape index (κ3) is 5.28. The molecule has 1 aliphatic rings. The second-order valence-corrected chi connectivity index (χ2v) is 5.24. The number of nitrogens with one attached hydrogen (secondary N) is 1. The first-order valence-corrected chi connectivity index (χ1v) is 7.04. The molecule has 1 fully saturated rings. The van der Waals surface area contributed by atoms with E-state index in [0.717, 1.165) is 12.8 Å². The van der Waals surface area contributed by atoms with Crippen LogP contribution in [0.2, 0.25) is 0 Å². The van der Waals surface area contributed by atoms with Gasteiger partial charge < -0.3 is 14.8 Å². The highest BCUT2D eigenvalue weighted by molar-refractivity contribution is 5.97. The van der Waals surface area contributed by atoms with Gasteiger partial charge in [0.05, 0.1) is 19.6 Å². The van der Waals surface area contributed by atoms with Crippen LogP contribution in [0.5, 0.6) is 0 Å². The highest BCUT2D eigenvalue weighted by Gasteiger charge is 2.35. The zero-order chi connectivity index (χ0) is 14.3. The average molecular weight is 271 g/mol. The van der Waals surface area contributed by atoms with Crippen LogP contribution in [0.3, 0.4) is 0 Å². The molecule has 0 saturated carbocycles. The lowest BCUT2D eigenvalue weighted by molar-refractivity contribution is -0.279. The fourth-order valence-electron chi connectivity index (χ4n) is 2.00. The molecule has 0 aromatic heterocycles. The molecule has 1 aliphatic heterocycles. The minimum atomic E-state index is -0.640. The first kappa shape index (κ1) is 16.1. The van der Waals surface area contributed by atoms with Crippen LogP contribution in [0.4, 0.5) is 0 Å². The van der Waals surface area contributed by atoms with Crippen molar-refractivity contribution < 1.29 is 19.1 Å². The van der Waals surface area contributed by atoms with Gasteiger partial charge in [-0.2, -0.15) is 0 Å². The van der Waals surface area contributed by atoms with Gasteiger partial charge in [0.15, 0.2) is 5.79 Å². The normalized spacial score (nSPS) is 19.7. The predicted molar refractivity (Wildman–Crippen MR) is 71.6 cm³/mol. The molecule has 1 heterocycles. The van der Waals surface area contributed by atoms with Gasteiger partial charge in [-0.1, -0.05) is 13.8 Å². The van der Waals surface area contributed by atoms with Crippen LogP contribution in [0.1, 0.15) is 46.5 Å². The van der Waals surface area contributed by atoms with Crippen molar-refractivity contribution in [3.63, 3.8) is 0 Å². The molecule has 1 unspecified atom stereocenters. The zero-order valence-corrected chi connectivity index (χ0v) is 12.2. The van der Waals surface area contributed by atoms with Crippen LogP contribution >= 0.6 is 0 Å². The highest BCUT2D eigenvalue weighted by Crippen LogP contribution is 2.26. The molecule has 1 N–H and O–H groups in total. The van der Waals surface area contributed by atoms with E-state index in [1.54, 1.807) is 0 Å². The van der Waals surface area contributed by atoms with Crippen LogP contribution in [-0.2, 0) is 19.1 Å². The monoisotopic (exact) mass is 271 g/mol. The molecule has 1 atom stereocenters. The topological polar surface area (TPSA) is 64.6 Å². The molecule has 1 saturated heterocycles. The summed E-state index contributed by atoms with van der Waals surface area (Å²) < 4.78 is 11.3. The number of hydrogen-bond donors (Lipinski definition) is 1. The van der Waals surface area contributed by atoms with Crippen molar-refractivity contribution in [2.24, 2.45) is 5.92 Å². The number of ketones is 1. The minimum absolute atomic E-state index is 0.0102. The van der Waals surface area contributed by atoms with Gasteiger partial charge in [-0.3, -0.25) is 9.59 Å². The van der Waals surface area contributed by atoms with E-state index in [4.69, 9.17) is 9.47 Å². The summed E-state index contributed by atoms with van der Waals surface area (Å²) in [5, 5.41) is 2.77. The molecule has 1 amide bonds. The van der Waals surface area contributed by atoms with Crippen LogP contribution in [0.15, 0.2) is 0 Å². The summed E-state index contributed by atoms with van der Waals surface area (Å²) in [5.74, 6) is -0.828. The summed E-state index contributed by atoms with van der Waals surface area (Å²) in [7, 11) is 0. The van der Waals surface area contributed by atoms with E-state index in [2.05, 4.69) is 5.32 Å². The van der Waals surface area contributed by atoms with E-state index in [9.17, 15) is 9.59 Å². The predicted octanol–water partition coefficient (Wildman–Crippen LogP) is 1.65. The van der Waals surface area contributed by atoms with E-state index < -0.39 is 5.79 Å². The van der Waals surface area contributed by atoms with E-state index in [1.165, 1.54) is 0 Å². The Balaban J connectivity index is 2.30. The summed E-state index contributed by atoms with van der Waals surface area (Å²) in [4.78, 5) is 23.0. The van der Waals surface area contributed by atoms with E-state index in [0.29, 0.717) is 26.2 Å². The van der Waals surface area contributed by atoms with E-state index in [1.807, 2.05) is 20.8 Å².